The number of fused-ring (bicyclic) bond motifs is 16. The van der Waals surface area contributed by atoms with E-state index in [1.54, 1.807) is 83.1 Å². The number of esters is 2. The summed E-state index contributed by atoms with van der Waals surface area (Å²) < 4.78 is 19.2. The standard InChI is InChI=1S/C29H27N13O3.C21H21N7O.C8H6N6O2/c1-18(43)19-6-25-10-26(7-19)41-16-23(33-37-41)12-30-13-24-17-42(38-34-24)28-9-20(29(44)45-2)8-27(11-28)40-15-22(32-36-40)5-3-4-21-14-39(25)35-31-21;1-4-6-7-8-18-14-27(25-23-18)20-10-17(16(3)29)11-21(12-20)28-15-19(24-26-28)13-22-9-5-2;1-16-8(15)5-2-6(11-13-9)4-7(3-5)12-14-10/h6-11,14-17,30H,3-5,12-13H2,1-2H3;1-2,10-12,14-15,22H,6-9,13H2,3H3;2-4H,1H3. The number of carbonyl (C=O) groups excluding carboxylic acids is 4. The lowest BCUT2D eigenvalue weighted by Gasteiger charge is -2.08. The van der Waals surface area contributed by atoms with Crippen LogP contribution in [0.1, 0.15) is 109 Å². The van der Waals surface area contributed by atoms with E-state index in [0.717, 1.165) is 42.0 Å². The Balaban J connectivity index is 0.000000182. The largest absolute Gasteiger partial charge is 0.465 e. The molecule has 4 aromatic carbocycles. The molecule has 0 atom stereocenters. The Kier molecular flexibility index (Phi) is 20.5. The number of aryl methyl sites for hydroxylation is 3. The molecular weight excluding hydrogens is 1160 g/mol. The number of nitrogens with zero attached hydrogens (tertiary/aromatic N) is 24. The molecule has 12 bridgehead atoms. The fourth-order valence-corrected chi connectivity index (χ4v) is 8.81. The van der Waals surface area contributed by atoms with Crippen LogP contribution in [0, 0.1) is 24.7 Å². The predicted molar refractivity (Wildman–Crippen MR) is 320 cm³/mol. The Bertz CT molecular complexity index is 4210. The molecule has 6 aromatic heterocycles. The van der Waals surface area contributed by atoms with Crippen molar-refractivity contribution < 1.29 is 28.7 Å². The van der Waals surface area contributed by atoms with E-state index in [1.807, 2.05) is 36.8 Å². The highest BCUT2D eigenvalue weighted by Gasteiger charge is 2.18. The molecule has 7 heterocycles. The molecule has 32 nitrogen and oxygen atoms in total. The van der Waals surface area contributed by atoms with E-state index in [1.165, 1.54) is 46.3 Å². The molecular formula is C58H54N26O6. The Morgan fingerprint density at radius 2 is 0.922 bits per heavy atom. The third-order valence-corrected chi connectivity index (χ3v) is 13.2. The first-order chi connectivity index (χ1) is 43.7. The Labute approximate surface area is 511 Å². The molecule has 0 spiro atoms. The first-order valence-electron chi connectivity index (χ1n) is 27.4. The number of rotatable bonds is 14. The van der Waals surface area contributed by atoms with E-state index in [9.17, 15) is 19.2 Å². The van der Waals surface area contributed by atoms with Crippen LogP contribution in [0.15, 0.2) is 120 Å². The maximum atomic E-state index is 12.5. The normalized spacial score (nSPS) is 11.5. The molecule has 90 heavy (non-hydrogen) atoms. The maximum Gasteiger partial charge on any atom is 0.338 e. The predicted octanol–water partition coefficient (Wildman–Crippen LogP) is 6.86. The van der Waals surface area contributed by atoms with Crippen molar-refractivity contribution in [3.05, 3.63) is 187 Å². The summed E-state index contributed by atoms with van der Waals surface area (Å²) in [5, 5.41) is 64.1. The van der Waals surface area contributed by atoms with Gasteiger partial charge in [0.15, 0.2) is 11.6 Å². The first kappa shape index (κ1) is 62.2. The van der Waals surface area contributed by atoms with E-state index in [0.29, 0.717) is 108 Å². The van der Waals surface area contributed by atoms with Crippen molar-refractivity contribution in [2.75, 3.05) is 20.8 Å². The minimum absolute atomic E-state index is 0.0570. The number of terminal acetylenes is 2. The number of unbranched alkanes of at least 4 members (excludes halogenated alkanes) is 1. The smallest absolute Gasteiger partial charge is 0.338 e. The Morgan fingerprint density at radius 1 is 0.533 bits per heavy atom. The van der Waals surface area contributed by atoms with Gasteiger partial charge in [0.1, 0.15) is 0 Å². The van der Waals surface area contributed by atoms with E-state index in [2.05, 4.69) is 109 Å². The molecule has 0 saturated heterocycles. The highest BCUT2D eigenvalue weighted by molar-refractivity contribution is 5.96. The quantitative estimate of drug-likeness (QED) is 0.0213. The number of aromatic nitrogens is 18. The van der Waals surface area contributed by atoms with E-state index >= 15 is 0 Å². The van der Waals surface area contributed by atoms with Gasteiger partial charge in [0, 0.05) is 58.4 Å². The summed E-state index contributed by atoms with van der Waals surface area (Å²) in [7, 11) is 2.55. The highest BCUT2D eigenvalue weighted by Crippen LogP contribution is 2.26. The van der Waals surface area contributed by atoms with Gasteiger partial charge < -0.3 is 20.1 Å². The Morgan fingerprint density at radius 3 is 1.34 bits per heavy atom. The second-order valence-electron chi connectivity index (χ2n) is 19.7. The molecule has 0 radical (unpaired) electrons. The third-order valence-electron chi connectivity index (χ3n) is 13.2. The topological polar surface area (TPSA) is 393 Å². The summed E-state index contributed by atoms with van der Waals surface area (Å²) in [6, 6.07) is 20.1. The zero-order chi connectivity index (χ0) is 63.5. The second-order valence-corrected chi connectivity index (χ2v) is 19.7. The van der Waals surface area contributed by atoms with E-state index in [4.69, 9.17) is 28.6 Å². The first-order valence-corrected chi connectivity index (χ1v) is 27.4. The number of azide groups is 2. The fraction of sp³-hybridized carbons (Fsp3) is 0.241. The zero-order valence-corrected chi connectivity index (χ0v) is 48.8. The average Bonchev–Trinajstić information content (AvgIpc) is 1.81. The van der Waals surface area contributed by atoms with Gasteiger partial charge in [0.25, 0.3) is 0 Å². The molecule has 0 fully saturated rings. The number of methoxy groups -OCH3 is 2. The molecule has 11 rings (SSSR count). The number of ether oxygens (including phenoxy) is 2. The molecule has 0 unspecified atom stereocenters. The summed E-state index contributed by atoms with van der Waals surface area (Å²) in [5.41, 5.74) is 27.0. The minimum Gasteiger partial charge on any atom is -0.465 e. The fourth-order valence-electron chi connectivity index (χ4n) is 8.81. The summed E-state index contributed by atoms with van der Waals surface area (Å²) in [6.07, 6.45) is 25.8. The number of nitrogens with one attached hydrogen (secondary N) is 2. The van der Waals surface area contributed by atoms with Crippen molar-refractivity contribution in [2.24, 2.45) is 10.2 Å². The number of ketones is 2. The van der Waals surface area contributed by atoms with Gasteiger partial charge in [0.2, 0.25) is 0 Å². The zero-order valence-electron chi connectivity index (χ0n) is 48.8. The average molecular weight is 1210 g/mol. The monoisotopic (exact) mass is 1210 g/mol. The number of Topliss-reactive ketones (excluding diaryl/α,β-unsaturated/α-hetero) is 2. The molecule has 452 valence electrons. The lowest BCUT2D eigenvalue weighted by atomic mass is 10.1. The van der Waals surface area contributed by atoms with Crippen molar-refractivity contribution in [1.82, 2.24) is 101 Å². The van der Waals surface area contributed by atoms with Crippen LogP contribution in [0.5, 0.6) is 0 Å². The molecule has 1 aliphatic heterocycles. The van der Waals surface area contributed by atoms with Crippen LogP contribution in [-0.4, -0.2) is 134 Å². The molecule has 0 aliphatic carbocycles. The van der Waals surface area contributed by atoms with E-state index < -0.39 is 11.9 Å². The van der Waals surface area contributed by atoms with Crippen LogP contribution in [0.4, 0.5) is 11.4 Å². The van der Waals surface area contributed by atoms with Crippen LogP contribution in [-0.2, 0) is 48.4 Å². The lowest BCUT2D eigenvalue weighted by molar-refractivity contribution is 0.0592. The van der Waals surface area contributed by atoms with Gasteiger partial charge in [-0.15, -0.1) is 49.4 Å². The van der Waals surface area contributed by atoms with Gasteiger partial charge in [-0.3, -0.25) is 9.59 Å². The van der Waals surface area contributed by atoms with Gasteiger partial charge in [-0.25, -0.2) is 37.7 Å². The molecule has 0 saturated carbocycles. The van der Waals surface area contributed by atoms with Crippen molar-refractivity contribution in [1.29, 1.82) is 0 Å². The van der Waals surface area contributed by atoms with Crippen LogP contribution in [0.2, 0.25) is 0 Å². The van der Waals surface area contributed by atoms with Gasteiger partial charge >= 0.3 is 11.9 Å². The highest BCUT2D eigenvalue weighted by atomic mass is 16.5. The molecule has 0 amide bonds. The second kappa shape index (κ2) is 29.6. The van der Waals surface area contributed by atoms with E-state index in [-0.39, 0.29) is 28.5 Å². The summed E-state index contributed by atoms with van der Waals surface area (Å²) in [4.78, 5) is 53.3. The Hall–Kier alpha value is -12.3. The van der Waals surface area contributed by atoms with Gasteiger partial charge in [-0.2, -0.15) is 0 Å². The number of hydrogen-bond acceptors (Lipinski definition) is 22. The van der Waals surface area contributed by atoms with Crippen molar-refractivity contribution >= 4 is 34.9 Å². The molecule has 10 aromatic rings. The van der Waals surface area contributed by atoms with Gasteiger partial charge in [-0.05, 0) is 130 Å². The maximum absolute atomic E-state index is 12.5. The summed E-state index contributed by atoms with van der Waals surface area (Å²) >= 11 is 0. The SMILES string of the molecule is C#CCCCc1cn(-c2cc(C(C)=O)cc(-n3cc(CNCC#C)nn3)c2)nn1.COC(=O)c1cc(N=[N+]=[N-])cc(N=[N+]=[N-])c1.COC(=O)c1cc2cc(c1)-n1cc(nn1)CNCc1cn(nn1)-c1cc(C(C)=O)cc(c1)-n1cc(nn1)CCCc1cn-2nn1. The minimum atomic E-state index is -0.607. The van der Waals surface area contributed by atoms with Gasteiger partial charge in [0.05, 0.1) is 137 Å². The van der Waals surface area contributed by atoms with Crippen LogP contribution >= 0.6 is 0 Å². The van der Waals surface area contributed by atoms with Gasteiger partial charge in [-0.1, -0.05) is 47.4 Å². The molecule has 32 heteroatoms. The molecule has 2 N–H and O–H groups in total. The van der Waals surface area contributed by atoms with Crippen LogP contribution in [0.25, 0.3) is 55.0 Å². The van der Waals surface area contributed by atoms with Crippen molar-refractivity contribution in [3.63, 3.8) is 0 Å². The third kappa shape index (κ3) is 16.1. The number of hydrogen-bond donors (Lipinski definition) is 2. The van der Waals surface area contributed by atoms with Crippen molar-refractivity contribution in [3.8, 4) is 58.8 Å². The molecule has 1 aliphatic rings. The summed E-state index contributed by atoms with van der Waals surface area (Å²) in [5.74, 6) is 3.90. The number of benzene rings is 4. The summed E-state index contributed by atoms with van der Waals surface area (Å²) in [6.45, 7) is 4.81. The van der Waals surface area contributed by atoms with Crippen LogP contribution in [0.3, 0.4) is 0 Å². The van der Waals surface area contributed by atoms with Crippen molar-refractivity contribution in [2.45, 2.75) is 72.0 Å². The number of carbonyl (C=O) groups is 4. The lowest BCUT2D eigenvalue weighted by Crippen LogP contribution is -2.13. The van der Waals surface area contributed by atoms with Crippen LogP contribution < -0.4 is 10.6 Å².